The van der Waals surface area contributed by atoms with Gasteiger partial charge in [-0.2, -0.15) is 0 Å². The normalized spacial score (nSPS) is 11.0. The highest BCUT2D eigenvalue weighted by atomic mass is 79.9. The molecular formula is C14H12BrN3. The van der Waals surface area contributed by atoms with Gasteiger partial charge < -0.3 is 5.73 Å². The Morgan fingerprint density at radius 3 is 2.67 bits per heavy atom. The number of para-hydroxylation sites is 2. The summed E-state index contributed by atoms with van der Waals surface area (Å²) in [6.45, 7) is 2.07. The number of nitrogen functional groups attached to an aromatic ring is 1. The molecule has 3 nitrogen and oxygen atoms in total. The summed E-state index contributed by atoms with van der Waals surface area (Å²) in [6, 6.07) is 14.0. The molecule has 0 fully saturated rings. The summed E-state index contributed by atoms with van der Waals surface area (Å²) in [6.07, 6.45) is 0. The lowest BCUT2D eigenvalue weighted by Gasteiger charge is -2.09. The van der Waals surface area contributed by atoms with E-state index in [4.69, 9.17) is 5.73 Å². The number of halogens is 1. The number of aromatic nitrogens is 2. The predicted octanol–water partition coefficient (Wildman–Crippen LogP) is 3.68. The Balaban J connectivity index is 2.43. The highest BCUT2D eigenvalue weighted by Crippen LogP contribution is 2.29. The van der Waals surface area contributed by atoms with Gasteiger partial charge in [0.1, 0.15) is 0 Å². The number of benzene rings is 2. The molecule has 18 heavy (non-hydrogen) atoms. The van der Waals surface area contributed by atoms with Crippen molar-refractivity contribution < 1.29 is 0 Å². The first kappa shape index (κ1) is 11.3. The van der Waals surface area contributed by atoms with E-state index in [0.29, 0.717) is 5.95 Å². The van der Waals surface area contributed by atoms with Gasteiger partial charge in [-0.15, -0.1) is 0 Å². The van der Waals surface area contributed by atoms with Crippen LogP contribution in [0.4, 0.5) is 5.95 Å². The van der Waals surface area contributed by atoms with Gasteiger partial charge in [0.25, 0.3) is 0 Å². The summed E-state index contributed by atoms with van der Waals surface area (Å²) < 4.78 is 2.98. The van der Waals surface area contributed by atoms with E-state index in [0.717, 1.165) is 26.8 Å². The molecule has 0 saturated heterocycles. The van der Waals surface area contributed by atoms with E-state index in [1.165, 1.54) is 0 Å². The van der Waals surface area contributed by atoms with Crippen LogP contribution in [0.2, 0.25) is 0 Å². The topological polar surface area (TPSA) is 43.8 Å². The highest BCUT2D eigenvalue weighted by Gasteiger charge is 2.13. The maximum Gasteiger partial charge on any atom is 0.205 e. The molecule has 0 radical (unpaired) electrons. The van der Waals surface area contributed by atoms with Crippen LogP contribution in [0.5, 0.6) is 0 Å². The van der Waals surface area contributed by atoms with Gasteiger partial charge in [0.15, 0.2) is 0 Å². The summed E-state index contributed by atoms with van der Waals surface area (Å²) in [4.78, 5) is 4.41. The van der Waals surface area contributed by atoms with Gasteiger partial charge in [-0.05, 0) is 46.6 Å². The largest absolute Gasteiger partial charge is 0.369 e. The fourth-order valence-electron chi connectivity index (χ4n) is 2.19. The van der Waals surface area contributed by atoms with Crippen LogP contribution in [0.1, 0.15) is 5.56 Å². The standard InChI is InChI=1S/C14H12BrN3/c1-9-5-4-7-11-13(9)18(14(16)17-11)12-8-3-2-6-10(12)15/h2-8H,1H3,(H2,16,17). The molecule has 1 heterocycles. The molecule has 0 atom stereocenters. The van der Waals surface area contributed by atoms with Gasteiger partial charge >= 0.3 is 0 Å². The van der Waals surface area contributed by atoms with Crippen molar-refractivity contribution in [3.8, 4) is 5.69 Å². The predicted molar refractivity (Wildman–Crippen MR) is 77.9 cm³/mol. The summed E-state index contributed by atoms with van der Waals surface area (Å²) in [7, 11) is 0. The number of hydrogen-bond donors (Lipinski definition) is 1. The van der Waals surface area contributed by atoms with Gasteiger partial charge in [-0.25, -0.2) is 4.98 Å². The van der Waals surface area contributed by atoms with Crippen LogP contribution in [0, 0.1) is 6.92 Å². The summed E-state index contributed by atoms with van der Waals surface area (Å²) in [5.74, 6) is 0.506. The van der Waals surface area contributed by atoms with Crippen LogP contribution in [-0.2, 0) is 0 Å². The number of anilines is 1. The van der Waals surface area contributed by atoms with Crippen LogP contribution in [0.3, 0.4) is 0 Å². The molecule has 0 saturated carbocycles. The summed E-state index contributed by atoms with van der Waals surface area (Å²) in [5.41, 5.74) is 10.2. The van der Waals surface area contributed by atoms with E-state index in [2.05, 4.69) is 33.9 Å². The molecule has 2 aromatic carbocycles. The van der Waals surface area contributed by atoms with Crippen molar-refractivity contribution in [2.75, 3.05) is 5.73 Å². The second kappa shape index (κ2) is 4.14. The highest BCUT2D eigenvalue weighted by molar-refractivity contribution is 9.10. The SMILES string of the molecule is Cc1cccc2nc(N)n(-c3ccccc3Br)c12. The molecule has 3 aromatic rings. The maximum absolute atomic E-state index is 6.05. The quantitative estimate of drug-likeness (QED) is 0.745. The molecule has 0 bridgehead atoms. The lowest BCUT2D eigenvalue weighted by Crippen LogP contribution is -2.01. The molecule has 0 aliphatic rings. The first-order chi connectivity index (χ1) is 8.68. The van der Waals surface area contributed by atoms with E-state index >= 15 is 0 Å². The third kappa shape index (κ3) is 1.61. The Hall–Kier alpha value is -1.81. The lowest BCUT2D eigenvalue weighted by atomic mass is 10.2. The van der Waals surface area contributed by atoms with Crippen molar-refractivity contribution in [1.29, 1.82) is 0 Å². The van der Waals surface area contributed by atoms with Gasteiger partial charge in [0.2, 0.25) is 5.95 Å². The molecular weight excluding hydrogens is 290 g/mol. The number of imidazole rings is 1. The zero-order chi connectivity index (χ0) is 12.7. The fourth-order valence-corrected chi connectivity index (χ4v) is 2.65. The number of nitrogens with two attached hydrogens (primary N) is 1. The molecule has 0 aliphatic carbocycles. The minimum atomic E-state index is 0.506. The number of aryl methyl sites for hydroxylation is 1. The number of hydrogen-bond acceptors (Lipinski definition) is 2. The van der Waals surface area contributed by atoms with E-state index in [1.54, 1.807) is 0 Å². The van der Waals surface area contributed by atoms with E-state index in [9.17, 15) is 0 Å². The molecule has 0 unspecified atom stereocenters. The number of rotatable bonds is 1. The molecule has 4 heteroatoms. The zero-order valence-electron chi connectivity index (χ0n) is 9.89. The number of fused-ring (bicyclic) bond motifs is 1. The van der Waals surface area contributed by atoms with E-state index < -0.39 is 0 Å². The zero-order valence-corrected chi connectivity index (χ0v) is 11.5. The third-order valence-electron chi connectivity index (χ3n) is 3.00. The van der Waals surface area contributed by atoms with Crippen molar-refractivity contribution in [2.45, 2.75) is 6.92 Å². The van der Waals surface area contributed by atoms with Gasteiger partial charge in [-0.3, -0.25) is 4.57 Å². The monoisotopic (exact) mass is 301 g/mol. The van der Waals surface area contributed by atoms with Gasteiger partial charge in [0.05, 0.1) is 16.7 Å². The fraction of sp³-hybridized carbons (Fsp3) is 0.0714. The third-order valence-corrected chi connectivity index (χ3v) is 3.67. The Labute approximate surface area is 113 Å². The van der Waals surface area contributed by atoms with Crippen molar-refractivity contribution in [3.63, 3.8) is 0 Å². The molecule has 0 aliphatic heterocycles. The van der Waals surface area contributed by atoms with E-state index in [1.807, 2.05) is 41.0 Å². The maximum atomic E-state index is 6.05. The van der Waals surface area contributed by atoms with Crippen LogP contribution < -0.4 is 5.73 Å². The van der Waals surface area contributed by atoms with Crippen molar-refractivity contribution in [2.24, 2.45) is 0 Å². The summed E-state index contributed by atoms with van der Waals surface area (Å²) in [5, 5.41) is 0. The van der Waals surface area contributed by atoms with Crippen LogP contribution in [0.25, 0.3) is 16.7 Å². The average molecular weight is 302 g/mol. The molecule has 1 aromatic heterocycles. The van der Waals surface area contributed by atoms with Crippen LogP contribution >= 0.6 is 15.9 Å². The lowest BCUT2D eigenvalue weighted by molar-refractivity contribution is 1.10. The molecule has 3 rings (SSSR count). The van der Waals surface area contributed by atoms with Crippen molar-refractivity contribution >= 4 is 32.9 Å². The van der Waals surface area contributed by atoms with Gasteiger partial charge in [-0.1, -0.05) is 24.3 Å². The smallest absolute Gasteiger partial charge is 0.205 e. The molecule has 0 spiro atoms. The Kier molecular flexibility index (Phi) is 2.59. The molecule has 0 amide bonds. The van der Waals surface area contributed by atoms with Crippen molar-refractivity contribution in [1.82, 2.24) is 9.55 Å². The molecule has 90 valence electrons. The summed E-state index contributed by atoms with van der Waals surface area (Å²) >= 11 is 3.56. The van der Waals surface area contributed by atoms with Crippen molar-refractivity contribution in [3.05, 3.63) is 52.5 Å². The van der Waals surface area contributed by atoms with Gasteiger partial charge in [0, 0.05) is 4.47 Å². The first-order valence-corrected chi connectivity index (χ1v) is 6.46. The second-order valence-corrected chi connectivity index (χ2v) is 5.05. The van der Waals surface area contributed by atoms with Crippen LogP contribution in [0.15, 0.2) is 46.9 Å². The van der Waals surface area contributed by atoms with Crippen LogP contribution in [-0.4, -0.2) is 9.55 Å². The second-order valence-electron chi connectivity index (χ2n) is 4.20. The Morgan fingerprint density at radius 1 is 1.11 bits per heavy atom. The minimum absolute atomic E-state index is 0.506. The average Bonchev–Trinajstić information content (AvgIpc) is 2.68. The number of nitrogens with zero attached hydrogens (tertiary/aromatic N) is 2. The minimum Gasteiger partial charge on any atom is -0.369 e. The van der Waals surface area contributed by atoms with E-state index in [-0.39, 0.29) is 0 Å². The first-order valence-electron chi connectivity index (χ1n) is 5.67. The Bertz CT molecular complexity index is 731. The molecule has 2 N–H and O–H groups in total. The Morgan fingerprint density at radius 2 is 1.89 bits per heavy atom.